The number of aliphatic hydroxyl groups excluding tert-OH is 2. The Labute approximate surface area is 138 Å². The zero-order chi connectivity index (χ0) is 16.5. The lowest BCUT2D eigenvalue weighted by Gasteiger charge is -2.38. The molecule has 134 valence electrons. The van der Waals surface area contributed by atoms with Gasteiger partial charge in [-0.15, -0.1) is 0 Å². The molecule has 22 heavy (non-hydrogen) atoms. The molecule has 0 rings (SSSR count). The summed E-state index contributed by atoms with van der Waals surface area (Å²) in [7, 11) is 0. The zero-order valence-electron chi connectivity index (χ0n) is 15.1. The predicted octanol–water partition coefficient (Wildman–Crippen LogP) is 2.97. The summed E-state index contributed by atoms with van der Waals surface area (Å²) in [6, 6.07) is 0. The molecule has 0 unspecified atom stereocenters. The summed E-state index contributed by atoms with van der Waals surface area (Å²) in [5.41, 5.74) is 0. The van der Waals surface area contributed by atoms with Gasteiger partial charge in [-0.05, 0) is 19.3 Å². The van der Waals surface area contributed by atoms with E-state index in [4.69, 9.17) is 4.74 Å². The molecule has 0 fully saturated rings. The third-order valence-corrected chi connectivity index (χ3v) is 4.49. The van der Waals surface area contributed by atoms with Crippen molar-refractivity contribution in [2.75, 3.05) is 52.6 Å². The van der Waals surface area contributed by atoms with Crippen molar-refractivity contribution < 1.29 is 19.4 Å². The lowest BCUT2D eigenvalue weighted by Crippen LogP contribution is -2.54. The summed E-state index contributed by atoms with van der Waals surface area (Å²) in [5, 5.41) is 18.8. The maximum atomic E-state index is 9.39. The number of rotatable bonds is 17. The molecule has 0 bridgehead atoms. The molecule has 0 aliphatic heterocycles. The topological polar surface area (TPSA) is 49.7 Å². The Bertz CT molecular complexity index is 218. The van der Waals surface area contributed by atoms with Crippen LogP contribution in [0.5, 0.6) is 0 Å². The molecule has 4 heteroatoms. The van der Waals surface area contributed by atoms with Gasteiger partial charge in [0.05, 0.1) is 26.4 Å². The molecule has 4 nitrogen and oxygen atoms in total. The Kier molecular flexibility index (Phi) is 15.6. The van der Waals surface area contributed by atoms with Gasteiger partial charge in [0.15, 0.2) is 0 Å². The molecule has 0 aliphatic rings. The molecular weight excluding hydrogens is 278 g/mol. The fourth-order valence-corrected chi connectivity index (χ4v) is 2.96. The van der Waals surface area contributed by atoms with Crippen LogP contribution in [-0.2, 0) is 4.74 Å². The first-order valence-electron chi connectivity index (χ1n) is 9.39. The SMILES string of the molecule is CCCCCCOCC[N+](CCO)(CCO)CCCCCC. The average molecular weight is 319 g/mol. The average Bonchev–Trinajstić information content (AvgIpc) is 2.51. The van der Waals surface area contributed by atoms with Crippen molar-refractivity contribution in [2.45, 2.75) is 65.2 Å². The molecular formula is C18H40NO3+. The van der Waals surface area contributed by atoms with E-state index in [2.05, 4.69) is 13.8 Å². The minimum absolute atomic E-state index is 0.185. The minimum Gasteiger partial charge on any atom is -0.391 e. The molecule has 0 saturated carbocycles. The van der Waals surface area contributed by atoms with Crippen LogP contribution in [0.25, 0.3) is 0 Å². The lowest BCUT2D eigenvalue weighted by molar-refractivity contribution is -0.929. The van der Waals surface area contributed by atoms with E-state index in [0.29, 0.717) is 0 Å². The largest absolute Gasteiger partial charge is 0.391 e. The normalized spacial score (nSPS) is 12.0. The summed E-state index contributed by atoms with van der Waals surface area (Å²) in [4.78, 5) is 0. The maximum absolute atomic E-state index is 9.39. The first-order valence-corrected chi connectivity index (χ1v) is 9.39. The molecule has 0 aliphatic carbocycles. The smallest absolute Gasteiger partial charge is 0.103 e. The van der Waals surface area contributed by atoms with Crippen molar-refractivity contribution in [3.8, 4) is 0 Å². The highest BCUT2D eigenvalue weighted by Crippen LogP contribution is 2.11. The molecule has 0 aromatic carbocycles. The standard InChI is InChI=1S/C18H40NO3/c1-3-5-7-9-11-19(12-15-20,13-16-21)14-18-22-17-10-8-6-4-2/h20-21H,3-18H2,1-2H3/q+1. The third-order valence-electron chi connectivity index (χ3n) is 4.49. The summed E-state index contributed by atoms with van der Waals surface area (Å²) in [6.07, 6.45) is 9.86. The molecule has 0 atom stereocenters. The number of hydrogen-bond donors (Lipinski definition) is 2. The summed E-state index contributed by atoms with van der Waals surface area (Å²) in [5.74, 6) is 0. The van der Waals surface area contributed by atoms with Gasteiger partial charge >= 0.3 is 0 Å². The number of aliphatic hydroxyl groups is 2. The van der Waals surface area contributed by atoms with Crippen LogP contribution in [0.4, 0.5) is 0 Å². The van der Waals surface area contributed by atoms with E-state index in [1.165, 1.54) is 44.9 Å². The van der Waals surface area contributed by atoms with Crippen molar-refractivity contribution in [3.63, 3.8) is 0 Å². The fraction of sp³-hybridized carbons (Fsp3) is 1.00. The van der Waals surface area contributed by atoms with Crippen molar-refractivity contribution in [1.82, 2.24) is 0 Å². The Morgan fingerprint density at radius 3 is 1.77 bits per heavy atom. The molecule has 0 aromatic rings. The monoisotopic (exact) mass is 318 g/mol. The summed E-state index contributed by atoms with van der Waals surface area (Å²) >= 11 is 0. The molecule has 0 heterocycles. The maximum Gasteiger partial charge on any atom is 0.103 e. The molecule has 0 aromatic heterocycles. The van der Waals surface area contributed by atoms with Crippen molar-refractivity contribution in [3.05, 3.63) is 0 Å². The molecule has 0 spiro atoms. The van der Waals surface area contributed by atoms with Crippen LogP contribution in [0, 0.1) is 0 Å². The van der Waals surface area contributed by atoms with Gasteiger partial charge in [-0.1, -0.05) is 46.0 Å². The van der Waals surface area contributed by atoms with Crippen LogP contribution in [0.15, 0.2) is 0 Å². The summed E-state index contributed by atoms with van der Waals surface area (Å²) < 4.78 is 6.57. The van der Waals surface area contributed by atoms with Crippen LogP contribution in [0.2, 0.25) is 0 Å². The number of ether oxygens (including phenoxy) is 1. The van der Waals surface area contributed by atoms with Crippen LogP contribution in [0.3, 0.4) is 0 Å². The van der Waals surface area contributed by atoms with Crippen LogP contribution >= 0.6 is 0 Å². The van der Waals surface area contributed by atoms with Crippen molar-refractivity contribution >= 4 is 0 Å². The second-order valence-electron chi connectivity index (χ2n) is 6.42. The number of unbranched alkanes of at least 4 members (excludes halogenated alkanes) is 6. The van der Waals surface area contributed by atoms with E-state index in [0.717, 1.165) is 50.3 Å². The Morgan fingerprint density at radius 2 is 1.23 bits per heavy atom. The van der Waals surface area contributed by atoms with Crippen molar-refractivity contribution in [2.24, 2.45) is 0 Å². The highest BCUT2D eigenvalue weighted by Gasteiger charge is 2.25. The summed E-state index contributed by atoms with van der Waals surface area (Å²) in [6.45, 7) is 9.78. The molecule has 0 radical (unpaired) electrons. The van der Waals surface area contributed by atoms with Crippen LogP contribution in [0.1, 0.15) is 65.2 Å². The number of nitrogens with zero attached hydrogens (tertiary/aromatic N) is 1. The molecule has 0 saturated heterocycles. The van der Waals surface area contributed by atoms with Crippen molar-refractivity contribution in [1.29, 1.82) is 0 Å². The van der Waals surface area contributed by atoms with E-state index in [9.17, 15) is 10.2 Å². The van der Waals surface area contributed by atoms with Gasteiger partial charge in [0, 0.05) is 6.61 Å². The van der Waals surface area contributed by atoms with Crippen LogP contribution in [-0.4, -0.2) is 67.3 Å². The Hall–Kier alpha value is -0.160. The van der Waals surface area contributed by atoms with E-state index < -0.39 is 0 Å². The lowest BCUT2D eigenvalue weighted by atomic mass is 10.1. The second-order valence-corrected chi connectivity index (χ2v) is 6.42. The van der Waals surface area contributed by atoms with Gasteiger partial charge in [-0.3, -0.25) is 0 Å². The van der Waals surface area contributed by atoms with Gasteiger partial charge < -0.3 is 19.4 Å². The van der Waals surface area contributed by atoms with Crippen LogP contribution < -0.4 is 0 Å². The predicted molar refractivity (Wildman–Crippen MR) is 93.0 cm³/mol. The Morgan fingerprint density at radius 1 is 0.636 bits per heavy atom. The van der Waals surface area contributed by atoms with Gasteiger partial charge in [0.1, 0.15) is 19.6 Å². The highest BCUT2D eigenvalue weighted by atomic mass is 16.5. The van der Waals surface area contributed by atoms with E-state index >= 15 is 0 Å². The van der Waals surface area contributed by atoms with E-state index in [-0.39, 0.29) is 13.2 Å². The molecule has 0 amide bonds. The minimum atomic E-state index is 0.185. The van der Waals surface area contributed by atoms with Gasteiger partial charge in [0.25, 0.3) is 0 Å². The zero-order valence-corrected chi connectivity index (χ0v) is 15.1. The van der Waals surface area contributed by atoms with E-state index in [1.807, 2.05) is 0 Å². The van der Waals surface area contributed by atoms with Gasteiger partial charge in [-0.2, -0.15) is 0 Å². The van der Waals surface area contributed by atoms with Gasteiger partial charge in [-0.25, -0.2) is 0 Å². The highest BCUT2D eigenvalue weighted by molar-refractivity contribution is 4.49. The number of hydrogen-bond acceptors (Lipinski definition) is 3. The molecule has 2 N–H and O–H groups in total. The third kappa shape index (κ3) is 11.4. The first kappa shape index (κ1) is 21.8. The van der Waals surface area contributed by atoms with E-state index in [1.54, 1.807) is 0 Å². The Balaban J connectivity index is 4.08. The quantitative estimate of drug-likeness (QED) is 0.320. The first-order chi connectivity index (χ1) is 10.7. The number of quaternary nitrogens is 1. The fourth-order valence-electron chi connectivity index (χ4n) is 2.96. The van der Waals surface area contributed by atoms with Gasteiger partial charge in [0.2, 0.25) is 0 Å². The second kappa shape index (κ2) is 15.7.